The third-order valence-corrected chi connectivity index (χ3v) is 5.73. The zero-order chi connectivity index (χ0) is 18.6. The van der Waals surface area contributed by atoms with E-state index in [1.807, 2.05) is 36.1 Å². The maximum Gasteiger partial charge on any atom is 0.312 e. The molecule has 0 bridgehead atoms. The monoisotopic (exact) mass is 379 g/mol. The Labute approximate surface area is 159 Å². The fourth-order valence-electron chi connectivity index (χ4n) is 3.87. The van der Waals surface area contributed by atoms with E-state index in [0.717, 1.165) is 12.0 Å². The number of esters is 1. The van der Waals surface area contributed by atoms with Crippen molar-refractivity contribution in [2.75, 3.05) is 32.9 Å². The molecular formula is C20H26ClNO4. The molecule has 0 aliphatic carbocycles. The highest BCUT2D eigenvalue weighted by Gasteiger charge is 2.44. The van der Waals surface area contributed by atoms with Crippen LogP contribution in [0.1, 0.15) is 31.7 Å². The average molecular weight is 380 g/mol. The quantitative estimate of drug-likeness (QED) is 0.738. The summed E-state index contributed by atoms with van der Waals surface area (Å²) in [7, 11) is 0. The van der Waals surface area contributed by atoms with Gasteiger partial charge in [-0.05, 0) is 50.3 Å². The van der Waals surface area contributed by atoms with E-state index < -0.39 is 5.41 Å². The number of benzene rings is 1. The van der Waals surface area contributed by atoms with E-state index in [9.17, 15) is 9.59 Å². The molecule has 142 valence electrons. The number of ether oxygens (including phenoxy) is 2. The predicted molar refractivity (Wildman–Crippen MR) is 99.0 cm³/mol. The van der Waals surface area contributed by atoms with E-state index in [0.29, 0.717) is 57.2 Å². The lowest BCUT2D eigenvalue weighted by molar-refractivity contribution is -0.160. The van der Waals surface area contributed by atoms with Crippen molar-refractivity contribution in [1.29, 1.82) is 0 Å². The van der Waals surface area contributed by atoms with Crippen LogP contribution < -0.4 is 0 Å². The van der Waals surface area contributed by atoms with Crippen molar-refractivity contribution in [1.82, 2.24) is 4.90 Å². The van der Waals surface area contributed by atoms with Crippen LogP contribution in [0.4, 0.5) is 0 Å². The fourth-order valence-corrected chi connectivity index (χ4v) is 4.00. The molecule has 2 fully saturated rings. The molecule has 1 aromatic carbocycles. The second-order valence-electron chi connectivity index (χ2n) is 7.19. The molecule has 2 aliphatic rings. The number of rotatable bonds is 5. The highest BCUT2D eigenvalue weighted by Crippen LogP contribution is 2.37. The minimum absolute atomic E-state index is 0.0265. The number of carbonyl (C=O) groups excluding carboxylic acids is 2. The minimum atomic E-state index is -0.577. The molecule has 1 aromatic rings. The van der Waals surface area contributed by atoms with Crippen LogP contribution in [0.3, 0.4) is 0 Å². The van der Waals surface area contributed by atoms with Gasteiger partial charge in [0.15, 0.2) is 0 Å². The molecule has 5 nitrogen and oxygen atoms in total. The van der Waals surface area contributed by atoms with Crippen LogP contribution in [-0.4, -0.2) is 49.7 Å². The number of nitrogens with zero attached hydrogens (tertiary/aromatic N) is 1. The van der Waals surface area contributed by atoms with Crippen molar-refractivity contribution in [2.45, 2.75) is 32.6 Å². The maximum absolute atomic E-state index is 12.8. The molecule has 0 N–H and O–H groups in total. The van der Waals surface area contributed by atoms with E-state index in [1.165, 1.54) is 0 Å². The van der Waals surface area contributed by atoms with Crippen LogP contribution in [-0.2, 0) is 25.5 Å². The number of carbonyl (C=O) groups is 2. The number of halogens is 1. The van der Waals surface area contributed by atoms with Crippen molar-refractivity contribution in [3.8, 4) is 0 Å². The first-order valence-corrected chi connectivity index (χ1v) is 9.70. The van der Waals surface area contributed by atoms with E-state index in [-0.39, 0.29) is 17.8 Å². The SMILES string of the molecule is CCOC(=O)C1(Cc2ccc(Cl)cc2)CCN(C(=O)[C@@H]2CCOC2)CC1. The topological polar surface area (TPSA) is 55.8 Å². The first kappa shape index (κ1) is 19.2. The summed E-state index contributed by atoms with van der Waals surface area (Å²) in [5, 5.41) is 0.679. The molecule has 6 heteroatoms. The van der Waals surface area contributed by atoms with Gasteiger partial charge in [0.1, 0.15) is 0 Å². The van der Waals surface area contributed by atoms with Gasteiger partial charge in [0.05, 0.1) is 24.5 Å². The summed E-state index contributed by atoms with van der Waals surface area (Å²) in [6.45, 7) is 4.54. The Hall–Kier alpha value is -1.59. The number of amides is 1. The Morgan fingerprint density at radius 3 is 2.54 bits per heavy atom. The molecule has 1 amide bonds. The van der Waals surface area contributed by atoms with Crippen LogP contribution in [0, 0.1) is 11.3 Å². The summed E-state index contributed by atoms with van der Waals surface area (Å²) in [4.78, 5) is 27.3. The molecule has 0 saturated carbocycles. The molecule has 2 heterocycles. The molecule has 1 atom stereocenters. The van der Waals surface area contributed by atoms with Crippen molar-refractivity contribution in [3.63, 3.8) is 0 Å². The van der Waals surface area contributed by atoms with Crippen molar-refractivity contribution >= 4 is 23.5 Å². The van der Waals surface area contributed by atoms with E-state index in [2.05, 4.69) is 0 Å². The summed E-state index contributed by atoms with van der Waals surface area (Å²) in [5.41, 5.74) is 0.485. The van der Waals surface area contributed by atoms with Gasteiger partial charge in [0.25, 0.3) is 0 Å². The van der Waals surface area contributed by atoms with Gasteiger partial charge in [0, 0.05) is 24.7 Å². The Morgan fingerprint density at radius 2 is 1.96 bits per heavy atom. The smallest absolute Gasteiger partial charge is 0.312 e. The zero-order valence-corrected chi connectivity index (χ0v) is 16.0. The van der Waals surface area contributed by atoms with Crippen LogP contribution in [0.15, 0.2) is 24.3 Å². The first-order valence-electron chi connectivity index (χ1n) is 9.32. The zero-order valence-electron chi connectivity index (χ0n) is 15.2. The summed E-state index contributed by atoms with van der Waals surface area (Å²) >= 11 is 5.97. The summed E-state index contributed by atoms with van der Waals surface area (Å²) in [6.07, 6.45) is 2.64. The Morgan fingerprint density at radius 1 is 1.27 bits per heavy atom. The van der Waals surface area contributed by atoms with Gasteiger partial charge in [-0.15, -0.1) is 0 Å². The maximum atomic E-state index is 12.8. The molecule has 0 radical (unpaired) electrons. The summed E-state index contributed by atoms with van der Waals surface area (Å²) in [6, 6.07) is 7.59. The van der Waals surface area contributed by atoms with Crippen LogP contribution in [0.5, 0.6) is 0 Å². The number of hydrogen-bond donors (Lipinski definition) is 0. The molecule has 2 aliphatic heterocycles. The standard InChI is InChI=1S/C20H26ClNO4/c1-2-26-19(24)20(13-15-3-5-17(21)6-4-15)8-10-22(11-9-20)18(23)16-7-12-25-14-16/h3-6,16H,2,7-14H2,1H3/t16-/m1/s1. The number of piperidine rings is 1. The van der Waals surface area contributed by atoms with E-state index in [4.69, 9.17) is 21.1 Å². The third kappa shape index (κ3) is 4.21. The van der Waals surface area contributed by atoms with Crippen molar-refractivity contribution in [3.05, 3.63) is 34.9 Å². The van der Waals surface area contributed by atoms with E-state index >= 15 is 0 Å². The molecule has 2 saturated heterocycles. The number of likely N-dealkylation sites (tertiary alicyclic amines) is 1. The predicted octanol–water partition coefficient (Wildman–Crippen LogP) is 3.09. The number of hydrogen-bond acceptors (Lipinski definition) is 4. The van der Waals surface area contributed by atoms with Crippen molar-refractivity contribution < 1.29 is 19.1 Å². The Balaban J connectivity index is 1.70. The second-order valence-corrected chi connectivity index (χ2v) is 7.63. The Bertz CT molecular complexity index is 632. The largest absolute Gasteiger partial charge is 0.466 e. The molecular weight excluding hydrogens is 354 g/mol. The van der Waals surface area contributed by atoms with Gasteiger partial charge in [-0.1, -0.05) is 23.7 Å². The molecule has 3 rings (SSSR count). The highest BCUT2D eigenvalue weighted by atomic mass is 35.5. The van der Waals surface area contributed by atoms with Crippen LogP contribution in [0.25, 0.3) is 0 Å². The fraction of sp³-hybridized carbons (Fsp3) is 0.600. The van der Waals surface area contributed by atoms with Gasteiger partial charge in [0.2, 0.25) is 5.91 Å². The van der Waals surface area contributed by atoms with Crippen molar-refractivity contribution in [2.24, 2.45) is 11.3 Å². The van der Waals surface area contributed by atoms with Gasteiger partial charge in [-0.25, -0.2) is 0 Å². The third-order valence-electron chi connectivity index (χ3n) is 5.48. The van der Waals surface area contributed by atoms with Crippen LogP contribution in [0.2, 0.25) is 5.02 Å². The molecule has 0 spiro atoms. The highest BCUT2D eigenvalue weighted by molar-refractivity contribution is 6.30. The van der Waals surface area contributed by atoms with Crippen LogP contribution >= 0.6 is 11.6 Å². The van der Waals surface area contributed by atoms with Gasteiger partial charge in [-0.2, -0.15) is 0 Å². The lowest BCUT2D eigenvalue weighted by Gasteiger charge is -2.40. The minimum Gasteiger partial charge on any atom is -0.466 e. The molecule has 26 heavy (non-hydrogen) atoms. The lowest BCUT2D eigenvalue weighted by atomic mass is 9.73. The first-order chi connectivity index (χ1) is 12.5. The Kier molecular flexibility index (Phi) is 6.20. The summed E-state index contributed by atoms with van der Waals surface area (Å²) < 4.78 is 10.7. The molecule has 0 aromatic heterocycles. The van der Waals surface area contributed by atoms with E-state index in [1.54, 1.807) is 0 Å². The second kappa shape index (κ2) is 8.40. The van der Waals surface area contributed by atoms with Gasteiger partial charge < -0.3 is 14.4 Å². The lowest BCUT2D eigenvalue weighted by Crippen LogP contribution is -2.49. The molecule has 0 unspecified atom stereocenters. The van der Waals surface area contributed by atoms with Gasteiger partial charge >= 0.3 is 5.97 Å². The average Bonchev–Trinajstić information content (AvgIpc) is 3.18. The normalized spacial score (nSPS) is 22.2. The summed E-state index contributed by atoms with van der Waals surface area (Å²) in [5.74, 6) is -0.0286. The van der Waals surface area contributed by atoms with Gasteiger partial charge in [-0.3, -0.25) is 9.59 Å².